The number of hydrogen-bond acceptors (Lipinski definition) is 4. The van der Waals surface area contributed by atoms with Crippen LogP contribution in [0.5, 0.6) is 0 Å². The third kappa shape index (κ3) is 88.2. The summed E-state index contributed by atoms with van der Waals surface area (Å²) in [6, 6.07) is 0. The maximum atomic E-state index is 8.55. The van der Waals surface area contributed by atoms with Crippen LogP contribution in [0.25, 0.3) is 0 Å². The fraction of sp³-hybridized carbons (Fsp3) is 1.00. The Hall–Kier alpha value is -0.0100. The Morgan fingerprint density at radius 1 is 0.500 bits per heavy atom. The second kappa shape index (κ2) is 32.6. The van der Waals surface area contributed by atoms with Gasteiger partial charge in [-0.3, -0.25) is 0 Å². The summed E-state index contributed by atoms with van der Waals surface area (Å²) < 4.78 is 8.55. The van der Waals surface area contributed by atoms with Crippen molar-refractivity contribution in [1.29, 1.82) is 0 Å². The SMILES string of the molecule is CCC[NH2+]CCC.CCC[NH2+]CCC.CCC[NH2+]CCC.O=P([O-])([O-])[O-]. The molecule has 0 aliphatic rings. The lowest BCUT2D eigenvalue weighted by Gasteiger charge is -2.36. The van der Waals surface area contributed by atoms with Gasteiger partial charge in [0.05, 0.1) is 39.3 Å². The van der Waals surface area contributed by atoms with Crippen LogP contribution in [-0.4, -0.2) is 39.3 Å². The summed E-state index contributed by atoms with van der Waals surface area (Å²) in [5.41, 5.74) is 0. The lowest BCUT2D eigenvalue weighted by Crippen LogP contribution is -2.84. The maximum Gasteiger partial charge on any atom is 0.0752 e. The van der Waals surface area contributed by atoms with Crippen LogP contribution in [0.2, 0.25) is 0 Å². The summed E-state index contributed by atoms with van der Waals surface area (Å²) in [4.78, 5) is 25.6. The highest BCUT2D eigenvalue weighted by Crippen LogP contribution is 2.03. The fourth-order valence-corrected chi connectivity index (χ4v) is 1.66. The molecule has 26 heavy (non-hydrogen) atoms. The van der Waals surface area contributed by atoms with E-state index in [9.17, 15) is 0 Å². The number of hydrogen-bond donors (Lipinski definition) is 3. The highest BCUT2D eigenvalue weighted by atomic mass is 31.2. The molecule has 0 saturated carbocycles. The molecule has 0 fully saturated rings. The van der Waals surface area contributed by atoms with Crippen LogP contribution in [0.4, 0.5) is 0 Å². The summed E-state index contributed by atoms with van der Waals surface area (Å²) in [6.07, 6.45) is 7.83. The Balaban J connectivity index is -0.000000125. The molecule has 164 valence electrons. The first kappa shape index (κ1) is 33.6. The summed E-state index contributed by atoms with van der Waals surface area (Å²) in [5, 5.41) is 7.08. The van der Waals surface area contributed by atoms with Crippen LogP contribution in [-0.2, 0) is 4.57 Å². The molecular weight excluding hydrogens is 353 g/mol. The fourth-order valence-electron chi connectivity index (χ4n) is 1.66. The second-order valence-corrected chi connectivity index (χ2v) is 6.94. The molecule has 6 N–H and O–H groups in total. The first-order valence-electron chi connectivity index (χ1n) is 10.4. The van der Waals surface area contributed by atoms with Crippen LogP contribution in [0.1, 0.15) is 80.1 Å². The Labute approximate surface area is 163 Å². The van der Waals surface area contributed by atoms with Crippen molar-refractivity contribution in [3.63, 3.8) is 0 Å². The monoisotopic (exact) mass is 401 g/mol. The molecule has 0 spiro atoms. The summed E-state index contributed by atoms with van der Waals surface area (Å²) in [6.45, 7) is 21.1. The Morgan fingerprint density at radius 2 is 0.615 bits per heavy atom. The van der Waals surface area contributed by atoms with Gasteiger partial charge < -0.3 is 35.2 Å². The predicted molar refractivity (Wildman–Crippen MR) is 104 cm³/mol. The molecule has 0 aliphatic heterocycles. The lowest BCUT2D eigenvalue weighted by molar-refractivity contribution is -0.654. The van der Waals surface area contributed by atoms with Gasteiger partial charge in [-0.1, -0.05) is 41.5 Å². The molecule has 0 saturated heterocycles. The van der Waals surface area contributed by atoms with E-state index in [4.69, 9.17) is 19.2 Å². The third-order valence-corrected chi connectivity index (χ3v) is 2.96. The average Bonchev–Trinajstić information content (AvgIpc) is 2.56. The number of rotatable bonds is 12. The van der Waals surface area contributed by atoms with Crippen LogP contribution < -0.4 is 30.6 Å². The van der Waals surface area contributed by atoms with Crippen LogP contribution in [0, 0.1) is 0 Å². The van der Waals surface area contributed by atoms with Crippen molar-refractivity contribution in [1.82, 2.24) is 0 Å². The quantitative estimate of drug-likeness (QED) is 0.265. The predicted octanol–water partition coefficient (Wildman–Crippen LogP) is -1.72. The molecule has 0 bridgehead atoms. The molecule has 0 aliphatic carbocycles. The van der Waals surface area contributed by atoms with E-state index in [-0.39, 0.29) is 0 Å². The van der Waals surface area contributed by atoms with Gasteiger partial charge in [0.1, 0.15) is 0 Å². The first-order chi connectivity index (χ1) is 12.2. The molecule has 0 heterocycles. The van der Waals surface area contributed by atoms with Crippen LogP contribution in [0.3, 0.4) is 0 Å². The summed E-state index contributed by atoms with van der Waals surface area (Å²) in [5.74, 6) is 0. The topological polar surface area (TPSA) is 136 Å². The van der Waals surface area contributed by atoms with E-state index in [1.165, 1.54) is 77.8 Å². The molecule has 8 heteroatoms. The second-order valence-electron chi connectivity index (χ2n) is 6.05. The Bertz CT molecular complexity index is 211. The smallest absolute Gasteiger partial charge is 0.0752 e. The van der Waals surface area contributed by atoms with Gasteiger partial charge in [0, 0.05) is 0 Å². The van der Waals surface area contributed by atoms with Crippen molar-refractivity contribution in [2.45, 2.75) is 80.1 Å². The summed E-state index contributed by atoms with van der Waals surface area (Å²) >= 11 is 0. The molecule has 7 nitrogen and oxygen atoms in total. The van der Waals surface area contributed by atoms with Gasteiger partial charge in [0.25, 0.3) is 0 Å². The van der Waals surface area contributed by atoms with Gasteiger partial charge >= 0.3 is 0 Å². The number of quaternary nitrogens is 3. The zero-order valence-electron chi connectivity index (χ0n) is 18.3. The van der Waals surface area contributed by atoms with Crippen molar-refractivity contribution >= 4 is 7.82 Å². The van der Waals surface area contributed by atoms with Crippen LogP contribution in [0.15, 0.2) is 0 Å². The van der Waals surface area contributed by atoms with Gasteiger partial charge in [0.2, 0.25) is 0 Å². The van der Waals surface area contributed by atoms with Crippen LogP contribution >= 0.6 is 7.82 Å². The van der Waals surface area contributed by atoms with E-state index in [0.29, 0.717) is 0 Å². The van der Waals surface area contributed by atoms with Gasteiger partial charge in [-0.25, -0.2) is 0 Å². The van der Waals surface area contributed by atoms with Gasteiger partial charge in [0.15, 0.2) is 0 Å². The highest BCUT2D eigenvalue weighted by Gasteiger charge is 1.81. The van der Waals surface area contributed by atoms with Crippen molar-refractivity contribution < 1.29 is 35.2 Å². The first-order valence-corrected chi connectivity index (χ1v) is 11.9. The standard InChI is InChI=1S/3C6H15N.H3O4P/c3*1-3-5-7-6-4-2;1-5(2,3)4/h3*7H,3-6H2,1-2H3;(H3,1,2,3,4). The van der Waals surface area contributed by atoms with E-state index >= 15 is 0 Å². The molecule has 0 aromatic rings. The largest absolute Gasteiger partial charge is 0.822 e. The lowest BCUT2D eigenvalue weighted by atomic mass is 10.4. The van der Waals surface area contributed by atoms with E-state index in [0.717, 1.165) is 0 Å². The minimum Gasteiger partial charge on any atom is -0.822 e. The Kier molecular flexibility index (Phi) is 42.1. The van der Waals surface area contributed by atoms with Gasteiger partial charge in [-0.15, -0.1) is 0 Å². The van der Waals surface area contributed by atoms with Crippen molar-refractivity contribution in [2.75, 3.05) is 39.3 Å². The van der Waals surface area contributed by atoms with E-state index in [1.807, 2.05) is 0 Å². The van der Waals surface area contributed by atoms with E-state index < -0.39 is 7.82 Å². The normalized spacial score (nSPS) is 9.88. The minimum atomic E-state index is -5.39. The average molecular weight is 402 g/mol. The minimum absolute atomic E-state index is 1.30. The summed E-state index contributed by atoms with van der Waals surface area (Å²) in [7, 11) is -5.39. The van der Waals surface area contributed by atoms with Gasteiger partial charge in [-0.05, 0) is 38.5 Å². The molecular formula is C18H48N3O4P. The van der Waals surface area contributed by atoms with Crippen molar-refractivity contribution in [2.24, 2.45) is 0 Å². The molecule has 0 radical (unpaired) electrons. The molecule has 0 atom stereocenters. The Morgan fingerprint density at radius 3 is 0.692 bits per heavy atom. The van der Waals surface area contributed by atoms with E-state index in [1.54, 1.807) is 0 Å². The zero-order valence-corrected chi connectivity index (χ0v) is 19.2. The molecule has 0 aromatic heterocycles. The molecule has 0 unspecified atom stereocenters. The van der Waals surface area contributed by atoms with E-state index in [2.05, 4.69) is 57.5 Å². The van der Waals surface area contributed by atoms with Crippen molar-refractivity contribution in [3.8, 4) is 0 Å². The highest BCUT2D eigenvalue weighted by molar-refractivity contribution is 7.40. The number of nitrogens with two attached hydrogens (primary N) is 3. The zero-order chi connectivity index (χ0) is 21.1. The van der Waals surface area contributed by atoms with Gasteiger partial charge in [-0.2, -0.15) is 7.82 Å². The molecule has 0 amide bonds. The van der Waals surface area contributed by atoms with Crippen molar-refractivity contribution in [3.05, 3.63) is 0 Å². The molecule has 0 aromatic carbocycles. The number of phosphoric acid groups is 1. The molecule has 0 rings (SSSR count). The third-order valence-electron chi connectivity index (χ3n) is 2.96. The maximum absolute atomic E-state index is 8.55.